The molecule has 0 fully saturated rings. The van der Waals surface area contributed by atoms with E-state index in [4.69, 9.17) is 9.15 Å². The maximum atomic E-state index is 5.52. The molecule has 7 heteroatoms. The van der Waals surface area contributed by atoms with Gasteiger partial charge in [0.15, 0.2) is 5.96 Å². The molecule has 3 rings (SSSR count). The third kappa shape index (κ3) is 4.64. The molecule has 0 amide bonds. The zero-order valence-corrected chi connectivity index (χ0v) is 15.7. The molecule has 26 heavy (non-hydrogen) atoms. The summed E-state index contributed by atoms with van der Waals surface area (Å²) in [6.45, 7) is 1.29. The van der Waals surface area contributed by atoms with Crippen LogP contribution in [0.3, 0.4) is 0 Å². The van der Waals surface area contributed by atoms with Gasteiger partial charge in [-0.3, -0.25) is 4.99 Å². The van der Waals surface area contributed by atoms with E-state index < -0.39 is 0 Å². The summed E-state index contributed by atoms with van der Waals surface area (Å²) in [5.74, 6) is 2.28. The molecule has 0 atom stereocenters. The van der Waals surface area contributed by atoms with E-state index in [0.717, 1.165) is 40.8 Å². The molecule has 2 aromatic heterocycles. The molecule has 0 spiro atoms. The molecule has 0 aliphatic heterocycles. The van der Waals surface area contributed by atoms with Crippen molar-refractivity contribution in [1.29, 1.82) is 0 Å². The number of nitrogens with zero attached hydrogens (tertiary/aromatic N) is 2. The Balaban J connectivity index is 1.48. The van der Waals surface area contributed by atoms with Crippen LogP contribution in [0.15, 0.2) is 57.5 Å². The number of hydrogen-bond acceptors (Lipinski definition) is 5. The number of hydrogen-bond donors (Lipinski definition) is 2. The summed E-state index contributed by atoms with van der Waals surface area (Å²) in [6, 6.07) is 12.0. The van der Waals surface area contributed by atoms with Gasteiger partial charge in [-0.05, 0) is 29.5 Å². The molecule has 0 saturated heterocycles. The Kier molecular flexibility index (Phi) is 6.27. The third-order valence-electron chi connectivity index (χ3n) is 3.82. The van der Waals surface area contributed by atoms with E-state index in [1.165, 1.54) is 0 Å². The summed E-state index contributed by atoms with van der Waals surface area (Å²) < 4.78 is 10.9. The molecule has 0 unspecified atom stereocenters. The first kappa shape index (κ1) is 18.0. The zero-order valence-electron chi connectivity index (χ0n) is 14.9. The first-order valence-corrected chi connectivity index (χ1v) is 9.23. The van der Waals surface area contributed by atoms with Crippen LogP contribution in [-0.4, -0.2) is 31.6 Å². The molecule has 2 heterocycles. The van der Waals surface area contributed by atoms with Gasteiger partial charge in [0.2, 0.25) is 5.89 Å². The molecule has 0 aliphatic carbocycles. The minimum atomic E-state index is 0.545. The Hall–Kier alpha value is -2.80. The fraction of sp³-hybridized carbons (Fsp3) is 0.263. The second-order valence-electron chi connectivity index (χ2n) is 5.54. The molecular formula is C19H22N4O2S. The smallest absolute Gasteiger partial charge is 0.236 e. The molecule has 1 aromatic carbocycles. The molecule has 6 nitrogen and oxygen atoms in total. The summed E-state index contributed by atoms with van der Waals surface area (Å²) in [5.41, 5.74) is 2.00. The number of para-hydroxylation sites is 1. The second-order valence-corrected chi connectivity index (χ2v) is 6.48. The van der Waals surface area contributed by atoms with Crippen molar-refractivity contribution in [3.05, 3.63) is 59.3 Å². The van der Waals surface area contributed by atoms with Gasteiger partial charge in [-0.15, -0.1) is 11.3 Å². The summed E-state index contributed by atoms with van der Waals surface area (Å²) in [6.07, 6.45) is 2.52. The minimum absolute atomic E-state index is 0.545. The van der Waals surface area contributed by atoms with E-state index in [1.807, 2.05) is 35.7 Å². The van der Waals surface area contributed by atoms with Crippen molar-refractivity contribution in [3.63, 3.8) is 0 Å². The summed E-state index contributed by atoms with van der Waals surface area (Å²) >= 11 is 1.61. The second kappa shape index (κ2) is 9.05. The van der Waals surface area contributed by atoms with Crippen LogP contribution in [0.4, 0.5) is 0 Å². The van der Waals surface area contributed by atoms with Crippen molar-refractivity contribution < 1.29 is 9.15 Å². The average Bonchev–Trinajstić information content (AvgIpc) is 3.36. The molecular weight excluding hydrogens is 348 g/mol. The number of nitrogens with one attached hydrogen (secondary N) is 2. The van der Waals surface area contributed by atoms with Gasteiger partial charge < -0.3 is 19.8 Å². The van der Waals surface area contributed by atoms with Gasteiger partial charge >= 0.3 is 0 Å². The first-order valence-electron chi connectivity index (χ1n) is 8.35. The first-order chi connectivity index (χ1) is 12.8. The molecule has 0 saturated carbocycles. The number of aromatic nitrogens is 1. The summed E-state index contributed by atoms with van der Waals surface area (Å²) in [7, 11) is 3.44. The van der Waals surface area contributed by atoms with Crippen molar-refractivity contribution in [2.45, 2.75) is 13.0 Å². The van der Waals surface area contributed by atoms with E-state index in [2.05, 4.69) is 26.7 Å². The Morgan fingerprint density at radius 2 is 2.12 bits per heavy atom. The third-order valence-corrected chi connectivity index (χ3v) is 4.68. The van der Waals surface area contributed by atoms with E-state index in [1.54, 1.807) is 31.8 Å². The number of methoxy groups -OCH3 is 1. The lowest BCUT2D eigenvalue weighted by Gasteiger charge is -2.12. The van der Waals surface area contributed by atoms with Crippen molar-refractivity contribution in [2.24, 2.45) is 4.99 Å². The highest BCUT2D eigenvalue weighted by atomic mass is 32.1. The van der Waals surface area contributed by atoms with Gasteiger partial charge in [-0.1, -0.05) is 24.3 Å². The van der Waals surface area contributed by atoms with Crippen molar-refractivity contribution in [1.82, 2.24) is 15.6 Å². The topological polar surface area (TPSA) is 71.7 Å². The van der Waals surface area contributed by atoms with Crippen LogP contribution in [0.5, 0.6) is 5.75 Å². The quantitative estimate of drug-likeness (QED) is 0.493. The summed E-state index contributed by atoms with van der Waals surface area (Å²) in [4.78, 5) is 9.76. The lowest BCUT2D eigenvalue weighted by Crippen LogP contribution is -2.37. The number of guanidine groups is 1. The highest BCUT2D eigenvalue weighted by Crippen LogP contribution is 2.23. The maximum Gasteiger partial charge on any atom is 0.236 e. The van der Waals surface area contributed by atoms with Crippen LogP contribution < -0.4 is 15.4 Å². The molecule has 3 aromatic rings. The van der Waals surface area contributed by atoms with Crippen molar-refractivity contribution in [3.8, 4) is 16.5 Å². The van der Waals surface area contributed by atoms with E-state index >= 15 is 0 Å². The zero-order chi connectivity index (χ0) is 18.2. The standard InChI is InChI=1S/C19H22N4O2S/c1-20-19(21-10-9-14-6-3-4-7-16(14)24-2)22-12-15-13-25-18(23-15)17-8-5-11-26-17/h3-8,11,13H,9-10,12H2,1-2H3,(H2,20,21,22). The average molecular weight is 370 g/mol. The SMILES string of the molecule is CN=C(NCCc1ccccc1OC)NCc1coc(-c2cccs2)n1. The number of thiophene rings is 1. The van der Waals surface area contributed by atoms with Gasteiger partial charge in [-0.2, -0.15) is 0 Å². The van der Waals surface area contributed by atoms with Crippen LogP contribution in [-0.2, 0) is 13.0 Å². The van der Waals surface area contributed by atoms with E-state index in [0.29, 0.717) is 12.4 Å². The monoisotopic (exact) mass is 370 g/mol. The number of rotatable bonds is 7. The largest absolute Gasteiger partial charge is 0.496 e. The Bertz CT molecular complexity index is 843. The Labute approximate surface area is 156 Å². The minimum Gasteiger partial charge on any atom is -0.496 e. The van der Waals surface area contributed by atoms with Crippen LogP contribution in [0.25, 0.3) is 10.8 Å². The number of benzene rings is 1. The van der Waals surface area contributed by atoms with Gasteiger partial charge in [0.05, 0.1) is 24.2 Å². The highest BCUT2D eigenvalue weighted by molar-refractivity contribution is 7.13. The lowest BCUT2D eigenvalue weighted by atomic mass is 10.1. The molecule has 0 aliphatic rings. The van der Waals surface area contributed by atoms with Crippen molar-refractivity contribution in [2.75, 3.05) is 20.7 Å². The van der Waals surface area contributed by atoms with E-state index in [-0.39, 0.29) is 0 Å². The fourth-order valence-electron chi connectivity index (χ4n) is 2.52. The Morgan fingerprint density at radius 3 is 2.88 bits per heavy atom. The predicted molar refractivity (Wildman–Crippen MR) is 105 cm³/mol. The molecule has 2 N–H and O–H groups in total. The number of ether oxygens (including phenoxy) is 1. The summed E-state index contributed by atoms with van der Waals surface area (Å²) in [5, 5.41) is 8.55. The van der Waals surface area contributed by atoms with Gasteiger partial charge in [-0.25, -0.2) is 4.98 Å². The van der Waals surface area contributed by atoms with Crippen LogP contribution in [0.2, 0.25) is 0 Å². The lowest BCUT2D eigenvalue weighted by molar-refractivity contribution is 0.409. The van der Waals surface area contributed by atoms with Gasteiger partial charge in [0.25, 0.3) is 0 Å². The van der Waals surface area contributed by atoms with Crippen LogP contribution in [0, 0.1) is 0 Å². The normalized spacial score (nSPS) is 11.4. The number of oxazole rings is 1. The van der Waals surface area contributed by atoms with Crippen LogP contribution in [0.1, 0.15) is 11.3 Å². The van der Waals surface area contributed by atoms with Gasteiger partial charge in [0, 0.05) is 13.6 Å². The molecule has 136 valence electrons. The predicted octanol–water partition coefficient (Wildman–Crippen LogP) is 3.32. The number of aliphatic imine (C=N–C) groups is 1. The van der Waals surface area contributed by atoms with Crippen molar-refractivity contribution >= 4 is 17.3 Å². The van der Waals surface area contributed by atoms with Crippen LogP contribution >= 0.6 is 11.3 Å². The maximum absolute atomic E-state index is 5.52. The van der Waals surface area contributed by atoms with E-state index in [9.17, 15) is 0 Å². The van der Waals surface area contributed by atoms with Gasteiger partial charge in [0.1, 0.15) is 12.0 Å². The molecule has 0 bridgehead atoms. The molecule has 0 radical (unpaired) electrons. The highest BCUT2D eigenvalue weighted by Gasteiger charge is 2.08. The Morgan fingerprint density at radius 1 is 1.23 bits per heavy atom. The fourth-order valence-corrected chi connectivity index (χ4v) is 3.18.